The average Bonchev–Trinajstić information content (AvgIpc) is 2.84. The molecule has 0 aliphatic carbocycles. The van der Waals surface area contributed by atoms with E-state index >= 15 is 0 Å². The van der Waals surface area contributed by atoms with Gasteiger partial charge in [-0.25, -0.2) is 61.5 Å². The van der Waals surface area contributed by atoms with Crippen molar-refractivity contribution in [3.63, 3.8) is 0 Å². The monoisotopic (exact) mass is 570 g/mol. The highest BCUT2D eigenvalue weighted by atomic mass is 33.1. The van der Waals surface area contributed by atoms with Crippen LogP contribution in [0.3, 0.4) is 0 Å². The Hall–Kier alpha value is -2.88. The van der Waals surface area contributed by atoms with Crippen molar-refractivity contribution in [2.24, 2.45) is 0 Å². The summed E-state index contributed by atoms with van der Waals surface area (Å²) in [6.07, 6.45) is 0. The molecule has 0 amide bonds. The molecule has 0 aliphatic heterocycles. The van der Waals surface area contributed by atoms with Gasteiger partial charge in [0, 0.05) is 0 Å². The highest BCUT2D eigenvalue weighted by Gasteiger charge is 2.33. The molecule has 0 saturated heterocycles. The molecule has 0 heterocycles. The van der Waals surface area contributed by atoms with Crippen LogP contribution < -0.4 is 0 Å². The standard InChI is InChI=1S/C20F14S2/c21-5-1-3(7(23)15(31)13(5)29)11(27)19(17(33)9(1)25)35-36-20-12(28)4-2(10(26)18(20)34)6(22)14(30)16(32)8(4)24. The van der Waals surface area contributed by atoms with Gasteiger partial charge in [-0.3, -0.25) is 0 Å². The summed E-state index contributed by atoms with van der Waals surface area (Å²) >= 11 is 0. The Balaban J connectivity index is 1.94. The largest absolute Gasteiger partial charge is 0.205 e. The fraction of sp³-hybridized carbons (Fsp3) is 0. The second-order valence-corrected chi connectivity index (χ2v) is 8.87. The summed E-state index contributed by atoms with van der Waals surface area (Å²) in [5, 5.41) is -7.85. The summed E-state index contributed by atoms with van der Waals surface area (Å²) < 4.78 is 196. The summed E-state index contributed by atoms with van der Waals surface area (Å²) in [4.78, 5) is -3.46. The van der Waals surface area contributed by atoms with Crippen molar-refractivity contribution in [2.75, 3.05) is 0 Å². The van der Waals surface area contributed by atoms with Gasteiger partial charge < -0.3 is 0 Å². The van der Waals surface area contributed by atoms with Crippen LogP contribution >= 0.6 is 21.6 Å². The molecule has 190 valence electrons. The molecule has 0 fully saturated rings. The number of hydrogen-bond donors (Lipinski definition) is 0. The molecule has 0 saturated carbocycles. The third-order valence-corrected chi connectivity index (χ3v) is 7.19. The van der Waals surface area contributed by atoms with Crippen LogP contribution in [0.4, 0.5) is 61.5 Å². The second-order valence-electron chi connectivity index (χ2n) is 6.72. The van der Waals surface area contributed by atoms with E-state index < -0.39 is 134 Å². The lowest BCUT2D eigenvalue weighted by atomic mass is 10.1. The van der Waals surface area contributed by atoms with E-state index in [1.54, 1.807) is 0 Å². The van der Waals surface area contributed by atoms with E-state index in [0.29, 0.717) is 0 Å². The van der Waals surface area contributed by atoms with Gasteiger partial charge in [-0.05, 0) is 21.6 Å². The van der Waals surface area contributed by atoms with Crippen LogP contribution in [0.15, 0.2) is 9.79 Å². The first-order valence-electron chi connectivity index (χ1n) is 8.72. The van der Waals surface area contributed by atoms with Crippen molar-refractivity contribution < 1.29 is 61.5 Å². The zero-order chi connectivity index (χ0) is 27.0. The summed E-state index contributed by atoms with van der Waals surface area (Å²) in [6, 6.07) is 0. The van der Waals surface area contributed by atoms with Crippen LogP contribution in [-0.4, -0.2) is 0 Å². The zero-order valence-corrected chi connectivity index (χ0v) is 17.7. The lowest BCUT2D eigenvalue weighted by Gasteiger charge is -2.14. The minimum absolute atomic E-state index is 0.566. The van der Waals surface area contributed by atoms with Crippen molar-refractivity contribution >= 4 is 43.1 Å². The molecule has 0 unspecified atom stereocenters. The number of benzene rings is 4. The lowest BCUT2D eigenvalue weighted by molar-refractivity contribution is 0.409. The van der Waals surface area contributed by atoms with Crippen molar-refractivity contribution in [1.82, 2.24) is 0 Å². The molecule has 36 heavy (non-hydrogen) atoms. The van der Waals surface area contributed by atoms with Gasteiger partial charge in [0.05, 0.1) is 31.3 Å². The molecule has 0 radical (unpaired) electrons. The van der Waals surface area contributed by atoms with Crippen molar-refractivity contribution in [3.8, 4) is 0 Å². The van der Waals surface area contributed by atoms with Crippen LogP contribution in [0.25, 0.3) is 21.5 Å². The first kappa shape index (κ1) is 26.2. The predicted molar refractivity (Wildman–Crippen MR) is 99.0 cm³/mol. The summed E-state index contributed by atoms with van der Waals surface area (Å²) in [5.74, 6) is -34.8. The highest BCUT2D eigenvalue weighted by molar-refractivity contribution is 8.76. The molecule has 0 spiro atoms. The number of halogens is 14. The maximum atomic E-state index is 14.7. The van der Waals surface area contributed by atoms with Crippen LogP contribution in [0.1, 0.15) is 0 Å². The van der Waals surface area contributed by atoms with Crippen molar-refractivity contribution in [2.45, 2.75) is 9.79 Å². The van der Waals surface area contributed by atoms with E-state index in [1.165, 1.54) is 0 Å². The summed E-state index contributed by atoms with van der Waals surface area (Å²) in [5.41, 5.74) is 0. The van der Waals surface area contributed by atoms with Gasteiger partial charge in [-0.15, -0.1) is 0 Å². The zero-order valence-electron chi connectivity index (χ0n) is 16.1. The topological polar surface area (TPSA) is 0 Å². The Morgan fingerprint density at radius 2 is 0.417 bits per heavy atom. The third-order valence-electron chi connectivity index (χ3n) is 4.80. The van der Waals surface area contributed by atoms with Gasteiger partial charge in [-0.1, -0.05) is 0 Å². The molecule has 0 nitrogen and oxygen atoms in total. The van der Waals surface area contributed by atoms with E-state index in [4.69, 9.17) is 0 Å². The molecule has 0 aromatic heterocycles. The maximum Gasteiger partial charge on any atom is 0.198 e. The molecule has 0 N–H and O–H groups in total. The Kier molecular flexibility index (Phi) is 6.47. The average molecular weight is 570 g/mol. The summed E-state index contributed by atoms with van der Waals surface area (Å²) in [6.45, 7) is 0. The van der Waals surface area contributed by atoms with E-state index in [-0.39, 0.29) is 0 Å². The minimum atomic E-state index is -2.62. The van der Waals surface area contributed by atoms with Crippen LogP contribution in [0, 0.1) is 81.4 Å². The predicted octanol–water partition coefficient (Wildman–Crippen LogP) is 8.74. The molecule has 4 aromatic carbocycles. The highest BCUT2D eigenvalue weighted by Crippen LogP contribution is 2.47. The molecular formula is C20F14S2. The van der Waals surface area contributed by atoms with E-state index in [9.17, 15) is 61.5 Å². The Morgan fingerprint density at radius 3 is 0.667 bits per heavy atom. The lowest BCUT2D eigenvalue weighted by Crippen LogP contribution is -2.06. The third kappa shape index (κ3) is 3.48. The first-order valence-corrected chi connectivity index (χ1v) is 10.9. The van der Waals surface area contributed by atoms with Gasteiger partial charge >= 0.3 is 0 Å². The minimum Gasteiger partial charge on any atom is -0.205 e. The van der Waals surface area contributed by atoms with Crippen LogP contribution in [-0.2, 0) is 0 Å². The van der Waals surface area contributed by atoms with Crippen molar-refractivity contribution in [3.05, 3.63) is 81.4 Å². The number of rotatable bonds is 3. The first-order chi connectivity index (χ1) is 16.7. The van der Waals surface area contributed by atoms with E-state index in [2.05, 4.69) is 0 Å². The summed E-state index contributed by atoms with van der Waals surface area (Å²) in [7, 11) is -1.13. The quantitative estimate of drug-likeness (QED) is 0.105. The van der Waals surface area contributed by atoms with E-state index in [1.807, 2.05) is 0 Å². The molecule has 0 bridgehead atoms. The number of hydrogen-bond acceptors (Lipinski definition) is 2. The Morgan fingerprint density at radius 1 is 0.222 bits per heavy atom. The van der Waals surface area contributed by atoms with Gasteiger partial charge in [-0.2, -0.15) is 0 Å². The van der Waals surface area contributed by atoms with Gasteiger partial charge in [0.15, 0.2) is 81.4 Å². The molecule has 0 aliphatic rings. The van der Waals surface area contributed by atoms with Crippen LogP contribution in [0.2, 0.25) is 0 Å². The second kappa shape index (κ2) is 8.90. The van der Waals surface area contributed by atoms with Crippen LogP contribution in [0.5, 0.6) is 0 Å². The molecular weight excluding hydrogens is 570 g/mol. The smallest absolute Gasteiger partial charge is 0.198 e. The fourth-order valence-electron chi connectivity index (χ4n) is 3.16. The SMILES string of the molecule is Fc1c(F)c(F)c2c(F)c(SSc3c(F)c(F)c4c(F)c(F)c(F)c(F)c4c3F)c(F)c(F)c2c1F. The maximum absolute atomic E-state index is 14.7. The van der Waals surface area contributed by atoms with Gasteiger partial charge in [0.1, 0.15) is 0 Å². The Bertz CT molecular complexity index is 1510. The molecule has 4 rings (SSSR count). The molecule has 4 aromatic rings. The normalized spacial score (nSPS) is 11.8. The fourth-order valence-corrected chi connectivity index (χ4v) is 5.38. The molecule has 16 heteroatoms. The number of fused-ring (bicyclic) bond motifs is 2. The van der Waals surface area contributed by atoms with E-state index in [0.717, 1.165) is 0 Å². The Labute approximate surface area is 196 Å². The van der Waals surface area contributed by atoms with Crippen molar-refractivity contribution in [1.29, 1.82) is 0 Å². The molecule has 0 atom stereocenters. The van der Waals surface area contributed by atoms with Gasteiger partial charge in [0.2, 0.25) is 0 Å². The van der Waals surface area contributed by atoms with Gasteiger partial charge in [0.25, 0.3) is 0 Å².